The van der Waals surface area contributed by atoms with E-state index >= 15 is 0 Å². The number of hydrogen-bond donors (Lipinski definition) is 1. The average Bonchev–Trinajstić information content (AvgIpc) is 2.83. The van der Waals surface area contributed by atoms with Crippen molar-refractivity contribution in [2.75, 3.05) is 0 Å². The Labute approximate surface area is 116 Å². The number of nitrogens with zero attached hydrogens (tertiary/aromatic N) is 2. The number of fused-ring (bicyclic) bond motifs is 2. The maximum absolute atomic E-state index is 6.05. The number of para-hydroxylation sites is 1. The zero-order valence-electron chi connectivity index (χ0n) is 10.8. The van der Waals surface area contributed by atoms with Gasteiger partial charge in [0.1, 0.15) is 17.6 Å². The van der Waals surface area contributed by atoms with Gasteiger partial charge in [-0.1, -0.05) is 48.5 Å². The highest BCUT2D eigenvalue weighted by molar-refractivity contribution is 6.02. The summed E-state index contributed by atoms with van der Waals surface area (Å²) in [5, 5.41) is 1.12. The minimum atomic E-state index is -0.0386. The summed E-state index contributed by atoms with van der Waals surface area (Å²) < 4.78 is 0. The van der Waals surface area contributed by atoms with E-state index in [0.29, 0.717) is 5.84 Å². The first kappa shape index (κ1) is 11.2. The van der Waals surface area contributed by atoms with Gasteiger partial charge in [0.2, 0.25) is 0 Å². The summed E-state index contributed by atoms with van der Waals surface area (Å²) in [5.74, 6) is 0.527. The van der Waals surface area contributed by atoms with Gasteiger partial charge in [0, 0.05) is 10.9 Å². The first-order chi connectivity index (χ1) is 9.83. The molecule has 1 aliphatic heterocycles. The molecule has 1 unspecified atom stereocenters. The van der Waals surface area contributed by atoms with Gasteiger partial charge in [-0.3, -0.25) is 4.99 Å². The van der Waals surface area contributed by atoms with E-state index in [1.807, 2.05) is 36.4 Å². The van der Waals surface area contributed by atoms with Crippen LogP contribution in [0.25, 0.3) is 10.9 Å². The van der Waals surface area contributed by atoms with Crippen LogP contribution in [0, 0.1) is 0 Å². The Hall–Kier alpha value is -2.68. The molecule has 0 radical (unpaired) electrons. The van der Waals surface area contributed by atoms with Crippen molar-refractivity contribution in [3.63, 3.8) is 0 Å². The smallest absolute Gasteiger partial charge is 0.146 e. The Kier molecular flexibility index (Phi) is 2.33. The van der Waals surface area contributed by atoms with E-state index in [0.717, 1.165) is 27.7 Å². The second-order valence-electron chi connectivity index (χ2n) is 4.95. The molecule has 0 bridgehead atoms. The molecule has 0 amide bonds. The van der Waals surface area contributed by atoms with Crippen molar-refractivity contribution in [1.82, 2.24) is 4.98 Å². The number of aliphatic imine (C=N–C) groups is 1. The SMILES string of the molecule is NC1=NC(c2ccccc2)c2cc3ccccc3nc21. The fraction of sp³-hybridized carbons (Fsp3) is 0.0588. The molecule has 3 nitrogen and oxygen atoms in total. The van der Waals surface area contributed by atoms with Crippen molar-refractivity contribution in [2.24, 2.45) is 10.7 Å². The van der Waals surface area contributed by atoms with Gasteiger partial charge in [-0.05, 0) is 17.7 Å². The Morgan fingerprint density at radius 2 is 1.65 bits per heavy atom. The number of rotatable bonds is 1. The second-order valence-corrected chi connectivity index (χ2v) is 4.95. The van der Waals surface area contributed by atoms with Gasteiger partial charge in [0.05, 0.1) is 5.52 Å². The van der Waals surface area contributed by atoms with E-state index in [1.54, 1.807) is 0 Å². The van der Waals surface area contributed by atoms with E-state index in [2.05, 4.69) is 34.2 Å². The lowest BCUT2D eigenvalue weighted by molar-refractivity contribution is 0.894. The van der Waals surface area contributed by atoms with Crippen LogP contribution in [0.4, 0.5) is 0 Å². The third-order valence-corrected chi connectivity index (χ3v) is 3.67. The van der Waals surface area contributed by atoms with Gasteiger partial charge < -0.3 is 5.73 Å². The summed E-state index contributed by atoms with van der Waals surface area (Å²) in [6.07, 6.45) is 0. The number of hydrogen-bond acceptors (Lipinski definition) is 3. The fourth-order valence-electron chi connectivity index (χ4n) is 2.71. The second kappa shape index (κ2) is 4.17. The maximum atomic E-state index is 6.05. The van der Waals surface area contributed by atoms with Crippen LogP contribution in [0.3, 0.4) is 0 Å². The number of benzene rings is 2. The summed E-state index contributed by atoms with van der Waals surface area (Å²) in [7, 11) is 0. The summed E-state index contributed by atoms with van der Waals surface area (Å²) in [6.45, 7) is 0. The topological polar surface area (TPSA) is 51.3 Å². The predicted molar refractivity (Wildman–Crippen MR) is 80.8 cm³/mol. The van der Waals surface area contributed by atoms with Crippen molar-refractivity contribution >= 4 is 16.7 Å². The fourth-order valence-corrected chi connectivity index (χ4v) is 2.71. The van der Waals surface area contributed by atoms with E-state index in [-0.39, 0.29) is 6.04 Å². The van der Waals surface area contributed by atoms with Crippen LogP contribution in [-0.2, 0) is 0 Å². The van der Waals surface area contributed by atoms with Crippen LogP contribution in [0.15, 0.2) is 65.7 Å². The molecule has 2 heterocycles. The van der Waals surface area contributed by atoms with Gasteiger partial charge in [-0.25, -0.2) is 4.98 Å². The Bertz CT molecular complexity index is 822. The van der Waals surface area contributed by atoms with E-state index in [9.17, 15) is 0 Å². The molecule has 0 saturated heterocycles. The lowest BCUT2D eigenvalue weighted by Crippen LogP contribution is -2.12. The average molecular weight is 259 g/mol. The standard InChI is InChI=1S/C17H13N3/c18-17-16-13(10-12-8-4-5-9-14(12)19-16)15(20-17)11-6-2-1-3-7-11/h1-10,15H,(H2,18,20). The molecule has 96 valence electrons. The highest BCUT2D eigenvalue weighted by Gasteiger charge is 2.26. The van der Waals surface area contributed by atoms with Crippen LogP contribution < -0.4 is 5.73 Å². The Morgan fingerprint density at radius 3 is 2.50 bits per heavy atom. The molecule has 3 aromatic rings. The first-order valence-corrected chi connectivity index (χ1v) is 6.61. The minimum Gasteiger partial charge on any atom is -0.382 e. The first-order valence-electron chi connectivity index (χ1n) is 6.61. The van der Waals surface area contributed by atoms with Crippen molar-refractivity contribution in [3.8, 4) is 0 Å². The van der Waals surface area contributed by atoms with E-state index < -0.39 is 0 Å². The molecular formula is C17H13N3. The van der Waals surface area contributed by atoms with Gasteiger partial charge in [0.25, 0.3) is 0 Å². The zero-order chi connectivity index (χ0) is 13.5. The molecule has 0 fully saturated rings. The highest BCUT2D eigenvalue weighted by Crippen LogP contribution is 2.34. The molecule has 0 saturated carbocycles. The number of pyridine rings is 1. The monoisotopic (exact) mass is 259 g/mol. The largest absolute Gasteiger partial charge is 0.382 e. The van der Waals surface area contributed by atoms with Crippen LogP contribution in [-0.4, -0.2) is 10.8 Å². The molecule has 20 heavy (non-hydrogen) atoms. The summed E-state index contributed by atoms with van der Waals surface area (Å²) >= 11 is 0. The quantitative estimate of drug-likeness (QED) is 0.730. The normalized spacial score (nSPS) is 17.0. The molecular weight excluding hydrogens is 246 g/mol. The van der Waals surface area contributed by atoms with Crippen molar-refractivity contribution in [1.29, 1.82) is 0 Å². The highest BCUT2D eigenvalue weighted by atomic mass is 15.0. The summed E-state index contributed by atoms with van der Waals surface area (Å²) in [4.78, 5) is 9.24. The lowest BCUT2D eigenvalue weighted by atomic mass is 9.98. The number of amidine groups is 1. The Morgan fingerprint density at radius 1 is 0.900 bits per heavy atom. The van der Waals surface area contributed by atoms with Crippen LogP contribution in [0.5, 0.6) is 0 Å². The molecule has 1 aliphatic rings. The molecule has 1 atom stereocenters. The van der Waals surface area contributed by atoms with Gasteiger partial charge >= 0.3 is 0 Å². The Balaban J connectivity index is 1.95. The predicted octanol–water partition coefficient (Wildman–Crippen LogP) is 3.04. The van der Waals surface area contributed by atoms with Gasteiger partial charge in [-0.2, -0.15) is 0 Å². The summed E-state index contributed by atoms with van der Waals surface area (Å²) in [5.41, 5.74) is 10.1. The lowest BCUT2D eigenvalue weighted by Gasteiger charge is -2.10. The maximum Gasteiger partial charge on any atom is 0.146 e. The van der Waals surface area contributed by atoms with Gasteiger partial charge in [-0.15, -0.1) is 0 Å². The molecule has 0 aliphatic carbocycles. The number of aromatic nitrogens is 1. The van der Waals surface area contributed by atoms with E-state index in [1.165, 1.54) is 0 Å². The molecule has 2 aromatic carbocycles. The minimum absolute atomic E-state index is 0.0386. The van der Waals surface area contributed by atoms with Crippen molar-refractivity contribution < 1.29 is 0 Å². The third kappa shape index (κ3) is 1.60. The van der Waals surface area contributed by atoms with Crippen molar-refractivity contribution in [2.45, 2.75) is 6.04 Å². The summed E-state index contributed by atoms with van der Waals surface area (Å²) in [6, 6.07) is 20.4. The molecule has 0 spiro atoms. The van der Waals surface area contributed by atoms with Crippen LogP contribution in [0.2, 0.25) is 0 Å². The number of nitrogens with two attached hydrogens (primary N) is 1. The molecule has 4 rings (SSSR count). The van der Waals surface area contributed by atoms with Crippen molar-refractivity contribution in [3.05, 3.63) is 77.5 Å². The third-order valence-electron chi connectivity index (χ3n) is 3.67. The molecule has 3 heteroatoms. The molecule has 2 N–H and O–H groups in total. The van der Waals surface area contributed by atoms with Crippen LogP contribution in [0.1, 0.15) is 22.9 Å². The van der Waals surface area contributed by atoms with Gasteiger partial charge in [0.15, 0.2) is 0 Å². The molecule has 1 aromatic heterocycles. The van der Waals surface area contributed by atoms with Crippen LogP contribution >= 0.6 is 0 Å². The zero-order valence-corrected chi connectivity index (χ0v) is 10.8. The van der Waals surface area contributed by atoms with E-state index in [4.69, 9.17) is 5.73 Å².